The van der Waals surface area contributed by atoms with Gasteiger partial charge in [-0.25, -0.2) is 4.79 Å². The zero-order chi connectivity index (χ0) is 13.1. The molecule has 0 saturated heterocycles. The fourth-order valence-corrected chi connectivity index (χ4v) is 3.25. The molecule has 0 aromatic carbocycles. The minimum atomic E-state index is -0.298. The van der Waals surface area contributed by atoms with Crippen molar-refractivity contribution in [2.45, 2.75) is 39.7 Å². The van der Waals surface area contributed by atoms with Crippen LogP contribution >= 0.6 is 0 Å². The second-order valence-corrected chi connectivity index (χ2v) is 5.85. The van der Waals surface area contributed by atoms with Crippen LogP contribution in [0.3, 0.4) is 0 Å². The molecule has 3 nitrogen and oxygen atoms in total. The summed E-state index contributed by atoms with van der Waals surface area (Å²) in [4.78, 5) is 11.6. The van der Waals surface area contributed by atoms with Crippen LogP contribution in [0, 0.1) is 11.3 Å². The molecule has 0 spiro atoms. The fraction of sp³-hybridized carbons (Fsp3) is 0.533. The van der Waals surface area contributed by atoms with Gasteiger partial charge in [0.25, 0.3) is 0 Å². The van der Waals surface area contributed by atoms with Crippen molar-refractivity contribution in [3.8, 4) is 0 Å². The molecule has 3 heteroatoms. The SMILES string of the molecule is CC1=C2C[C@@]3(C)C(=CC[C@H](O)[C@@H]3C)C=C2OC1=O. The Labute approximate surface area is 107 Å². The predicted molar refractivity (Wildman–Crippen MR) is 67.5 cm³/mol. The highest BCUT2D eigenvalue weighted by atomic mass is 16.5. The van der Waals surface area contributed by atoms with E-state index >= 15 is 0 Å². The smallest absolute Gasteiger partial charge is 0.339 e. The van der Waals surface area contributed by atoms with E-state index in [-0.39, 0.29) is 23.4 Å². The predicted octanol–water partition coefficient (Wildman–Crippen LogP) is 2.48. The van der Waals surface area contributed by atoms with Gasteiger partial charge in [0.2, 0.25) is 0 Å². The summed E-state index contributed by atoms with van der Waals surface area (Å²) in [6.45, 7) is 6.08. The molecular weight excluding hydrogens is 228 g/mol. The zero-order valence-corrected chi connectivity index (χ0v) is 11.0. The van der Waals surface area contributed by atoms with Crippen molar-refractivity contribution < 1.29 is 14.6 Å². The van der Waals surface area contributed by atoms with E-state index in [4.69, 9.17) is 4.74 Å². The number of hydrogen-bond donors (Lipinski definition) is 1. The van der Waals surface area contributed by atoms with E-state index in [1.54, 1.807) is 0 Å². The molecule has 1 N–H and O–H groups in total. The molecule has 96 valence electrons. The average Bonchev–Trinajstić information content (AvgIpc) is 2.60. The lowest BCUT2D eigenvalue weighted by molar-refractivity contribution is -0.133. The quantitative estimate of drug-likeness (QED) is 0.668. The van der Waals surface area contributed by atoms with Crippen molar-refractivity contribution in [1.29, 1.82) is 0 Å². The van der Waals surface area contributed by atoms with Gasteiger partial charge in [0, 0.05) is 16.6 Å². The van der Waals surface area contributed by atoms with Crippen LogP contribution in [0.15, 0.2) is 34.6 Å². The number of fused-ring (bicyclic) bond motifs is 2. The van der Waals surface area contributed by atoms with Crippen LogP contribution < -0.4 is 0 Å². The van der Waals surface area contributed by atoms with Gasteiger partial charge in [-0.2, -0.15) is 0 Å². The van der Waals surface area contributed by atoms with Gasteiger partial charge >= 0.3 is 5.97 Å². The summed E-state index contributed by atoms with van der Waals surface area (Å²) in [6, 6.07) is 0. The number of hydrogen-bond acceptors (Lipinski definition) is 3. The van der Waals surface area contributed by atoms with Gasteiger partial charge < -0.3 is 9.84 Å². The normalized spacial score (nSPS) is 38.8. The number of carbonyl (C=O) groups excluding carboxylic acids is 1. The summed E-state index contributed by atoms with van der Waals surface area (Å²) in [5.41, 5.74) is 2.84. The molecule has 1 heterocycles. The molecule has 0 unspecified atom stereocenters. The molecule has 0 aromatic rings. The van der Waals surface area contributed by atoms with E-state index in [1.165, 1.54) is 5.57 Å². The molecule has 3 aliphatic rings. The van der Waals surface area contributed by atoms with Crippen LogP contribution in [0.1, 0.15) is 33.6 Å². The van der Waals surface area contributed by atoms with E-state index < -0.39 is 0 Å². The summed E-state index contributed by atoms with van der Waals surface area (Å²) in [6.07, 6.45) is 5.22. The maximum Gasteiger partial charge on any atom is 0.339 e. The van der Waals surface area contributed by atoms with E-state index in [1.807, 2.05) is 13.0 Å². The molecule has 0 bridgehead atoms. The van der Waals surface area contributed by atoms with E-state index in [0.29, 0.717) is 17.8 Å². The third-order valence-corrected chi connectivity index (χ3v) is 4.91. The van der Waals surface area contributed by atoms with Crippen molar-refractivity contribution in [2.24, 2.45) is 11.3 Å². The Balaban J connectivity index is 2.13. The highest BCUT2D eigenvalue weighted by molar-refractivity contribution is 5.94. The van der Waals surface area contributed by atoms with Crippen LogP contribution in [0.2, 0.25) is 0 Å². The first-order chi connectivity index (χ1) is 8.43. The molecule has 0 amide bonds. The fourth-order valence-electron chi connectivity index (χ4n) is 3.25. The highest BCUT2D eigenvalue weighted by Crippen LogP contribution is 2.53. The molecule has 3 rings (SSSR count). The highest BCUT2D eigenvalue weighted by Gasteiger charge is 2.46. The largest absolute Gasteiger partial charge is 0.423 e. The molecule has 18 heavy (non-hydrogen) atoms. The molecule has 2 aliphatic carbocycles. The first kappa shape index (κ1) is 11.7. The number of aliphatic hydroxyl groups is 1. The Kier molecular flexibility index (Phi) is 2.33. The Morgan fingerprint density at radius 1 is 1.50 bits per heavy atom. The maximum atomic E-state index is 11.6. The summed E-state index contributed by atoms with van der Waals surface area (Å²) >= 11 is 0. The monoisotopic (exact) mass is 246 g/mol. The molecule has 0 radical (unpaired) electrons. The molecule has 0 fully saturated rings. The van der Waals surface area contributed by atoms with E-state index in [0.717, 1.165) is 12.0 Å². The lowest BCUT2D eigenvalue weighted by Gasteiger charge is -2.45. The minimum absolute atomic E-state index is 0.0915. The number of esters is 1. The standard InChI is InChI=1S/C15H18O3/c1-8-11-7-15(3)9(2)12(16)5-4-10(15)6-13(11)18-14(8)17/h4,6,9,12,16H,5,7H2,1-3H3/t9-,12-,15+/m0/s1. The Morgan fingerprint density at radius 3 is 2.94 bits per heavy atom. The molecule has 0 aromatic heterocycles. The third kappa shape index (κ3) is 1.37. The van der Waals surface area contributed by atoms with Crippen molar-refractivity contribution >= 4 is 5.97 Å². The van der Waals surface area contributed by atoms with Crippen LogP contribution in [0.4, 0.5) is 0 Å². The lowest BCUT2D eigenvalue weighted by atomic mass is 9.60. The number of ether oxygens (including phenoxy) is 1. The Bertz CT molecular complexity index is 524. The van der Waals surface area contributed by atoms with Gasteiger partial charge in [-0.15, -0.1) is 0 Å². The van der Waals surface area contributed by atoms with Gasteiger partial charge in [-0.3, -0.25) is 0 Å². The summed E-state index contributed by atoms with van der Waals surface area (Å²) < 4.78 is 5.28. The first-order valence-corrected chi connectivity index (χ1v) is 6.46. The van der Waals surface area contributed by atoms with Gasteiger partial charge in [-0.05, 0) is 37.3 Å². The topological polar surface area (TPSA) is 46.5 Å². The lowest BCUT2D eigenvalue weighted by Crippen LogP contribution is -2.40. The van der Waals surface area contributed by atoms with Gasteiger partial charge in [-0.1, -0.05) is 19.9 Å². The number of rotatable bonds is 0. The van der Waals surface area contributed by atoms with Crippen molar-refractivity contribution in [3.05, 3.63) is 34.6 Å². The Morgan fingerprint density at radius 2 is 2.22 bits per heavy atom. The van der Waals surface area contributed by atoms with Crippen LogP contribution in [-0.2, 0) is 9.53 Å². The zero-order valence-electron chi connectivity index (χ0n) is 11.0. The van der Waals surface area contributed by atoms with E-state index in [9.17, 15) is 9.90 Å². The molecule has 1 aliphatic heterocycles. The van der Waals surface area contributed by atoms with Crippen LogP contribution in [0.25, 0.3) is 0 Å². The minimum Gasteiger partial charge on any atom is -0.423 e. The van der Waals surface area contributed by atoms with Gasteiger partial charge in [0.15, 0.2) is 0 Å². The summed E-state index contributed by atoms with van der Waals surface area (Å²) in [5.74, 6) is 0.670. The average molecular weight is 246 g/mol. The summed E-state index contributed by atoms with van der Waals surface area (Å²) in [5, 5.41) is 10.1. The van der Waals surface area contributed by atoms with Crippen LogP contribution in [-0.4, -0.2) is 17.2 Å². The molecule has 0 saturated carbocycles. The first-order valence-electron chi connectivity index (χ1n) is 6.46. The number of aliphatic hydroxyl groups excluding tert-OH is 1. The van der Waals surface area contributed by atoms with E-state index in [2.05, 4.69) is 19.9 Å². The maximum absolute atomic E-state index is 11.6. The second-order valence-electron chi connectivity index (χ2n) is 5.85. The number of allylic oxidation sites excluding steroid dienone is 3. The van der Waals surface area contributed by atoms with Crippen molar-refractivity contribution in [2.75, 3.05) is 0 Å². The second kappa shape index (κ2) is 3.58. The molecular formula is C15H18O3. The third-order valence-electron chi connectivity index (χ3n) is 4.91. The van der Waals surface area contributed by atoms with Crippen molar-refractivity contribution in [3.63, 3.8) is 0 Å². The van der Waals surface area contributed by atoms with Crippen LogP contribution in [0.5, 0.6) is 0 Å². The number of carbonyl (C=O) groups is 1. The van der Waals surface area contributed by atoms with Gasteiger partial charge in [0.05, 0.1) is 6.10 Å². The van der Waals surface area contributed by atoms with Crippen molar-refractivity contribution in [1.82, 2.24) is 0 Å². The summed E-state index contributed by atoms with van der Waals surface area (Å²) in [7, 11) is 0. The Hall–Kier alpha value is -1.35. The van der Waals surface area contributed by atoms with Gasteiger partial charge in [0.1, 0.15) is 5.76 Å². The molecule has 3 atom stereocenters.